The Morgan fingerprint density at radius 1 is 1.36 bits per heavy atom. The number of allylic oxidation sites excluding steroid dienone is 2. The summed E-state index contributed by atoms with van der Waals surface area (Å²) in [6, 6.07) is 0. The normalized spacial score (nSPS) is 41.8. The zero-order chi connectivity index (χ0) is 10.3. The molecule has 2 aliphatic heterocycles. The Morgan fingerprint density at radius 2 is 2.00 bits per heavy atom. The van der Waals surface area contributed by atoms with Crippen molar-refractivity contribution in [2.45, 2.75) is 45.8 Å². The fourth-order valence-electron chi connectivity index (χ4n) is 2.62. The van der Waals surface area contributed by atoms with Gasteiger partial charge in [-0.2, -0.15) is 0 Å². The first-order chi connectivity index (χ1) is 6.63. The maximum atomic E-state index is 5.83. The molecule has 0 aromatic carbocycles. The van der Waals surface area contributed by atoms with Crippen LogP contribution >= 0.6 is 0 Å². The van der Waals surface area contributed by atoms with Crippen LogP contribution in [-0.4, -0.2) is 12.2 Å². The molecule has 2 heterocycles. The van der Waals surface area contributed by atoms with E-state index in [1.54, 1.807) is 0 Å². The standard InChI is InChI=1S/C13H20O/c1-5-8(2)10(4)11-6-9(3)12-7-13(11)14-12/h5,9,11-13H,4,6-7H2,1-3H3/b8-5-. The van der Waals surface area contributed by atoms with E-state index in [0.717, 1.165) is 0 Å². The largest absolute Gasteiger partial charge is 0.374 e. The lowest BCUT2D eigenvalue weighted by atomic mass is 9.70. The minimum atomic E-state index is 0.471. The van der Waals surface area contributed by atoms with Crippen LogP contribution in [0.3, 0.4) is 0 Å². The van der Waals surface area contributed by atoms with E-state index in [0.29, 0.717) is 24.0 Å². The van der Waals surface area contributed by atoms with E-state index in [4.69, 9.17) is 4.74 Å². The molecule has 4 unspecified atom stereocenters. The highest BCUT2D eigenvalue weighted by Gasteiger charge is 2.46. The maximum Gasteiger partial charge on any atom is 0.0672 e. The monoisotopic (exact) mass is 192 g/mol. The van der Waals surface area contributed by atoms with Gasteiger partial charge in [0.2, 0.25) is 0 Å². The zero-order valence-corrected chi connectivity index (χ0v) is 9.42. The van der Waals surface area contributed by atoms with E-state index in [9.17, 15) is 0 Å². The van der Waals surface area contributed by atoms with Crippen molar-refractivity contribution in [3.05, 3.63) is 23.8 Å². The summed E-state index contributed by atoms with van der Waals surface area (Å²) in [4.78, 5) is 0. The number of hydrogen-bond acceptors (Lipinski definition) is 1. The van der Waals surface area contributed by atoms with Crippen molar-refractivity contribution < 1.29 is 4.74 Å². The predicted molar refractivity (Wildman–Crippen MR) is 59.1 cm³/mol. The van der Waals surface area contributed by atoms with E-state index in [1.807, 2.05) is 0 Å². The van der Waals surface area contributed by atoms with Crippen molar-refractivity contribution in [2.75, 3.05) is 0 Å². The molecule has 1 saturated carbocycles. The Bertz CT molecular complexity index is 271. The summed E-state index contributed by atoms with van der Waals surface area (Å²) >= 11 is 0. The highest BCUT2D eigenvalue weighted by molar-refractivity contribution is 5.30. The lowest BCUT2D eigenvalue weighted by Crippen LogP contribution is -2.52. The molecule has 0 amide bonds. The van der Waals surface area contributed by atoms with Crippen molar-refractivity contribution in [2.24, 2.45) is 11.8 Å². The molecular formula is C13H20O. The van der Waals surface area contributed by atoms with Gasteiger partial charge in [0.15, 0.2) is 0 Å². The SMILES string of the molecule is C=C(/C(C)=C\C)C1CC(C)C2CC1O2. The summed E-state index contributed by atoms with van der Waals surface area (Å²) < 4.78 is 5.83. The van der Waals surface area contributed by atoms with Gasteiger partial charge in [0.25, 0.3) is 0 Å². The van der Waals surface area contributed by atoms with Crippen molar-refractivity contribution in [3.8, 4) is 0 Å². The van der Waals surface area contributed by atoms with Gasteiger partial charge < -0.3 is 4.74 Å². The van der Waals surface area contributed by atoms with Gasteiger partial charge in [0, 0.05) is 12.3 Å². The van der Waals surface area contributed by atoms with Crippen LogP contribution in [0, 0.1) is 11.8 Å². The van der Waals surface area contributed by atoms with Gasteiger partial charge in [-0.25, -0.2) is 0 Å². The summed E-state index contributed by atoms with van der Waals surface area (Å²) in [6.07, 6.45) is 5.69. The first-order valence-electron chi connectivity index (χ1n) is 5.61. The molecule has 14 heavy (non-hydrogen) atoms. The second-order valence-corrected chi connectivity index (χ2v) is 4.77. The molecule has 0 radical (unpaired) electrons. The summed E-state index contributed by atoms with van der Waals surface area (Å²) in [5.74, 6) is 1.29. The Morgan fingerprint density at radius 3 is 2.50 bits per heavy atom. The summed E-state index contributed by atoms with van der Waals surface area (Å²) in [7, 11) is 0. The third kappa shape index (κ3) is 1.44. The lowest BCUT2D eigenvalue weighted by Gasteiger charge is -2.51. The van der Waals surface area contributed by atoms with E-state index in [1.165, 1.54) is 24.0 Å². The second-order valence-electron chi connectivity index (χ2n) is 4.77. The Kier molecular flexibility index (Phi) is 2.52. The molecule has 2 bridgehead atoms. The van der Waals surface area contributed by atoms with Crippen LogP contribution in [0.1, 0.15) is 33.6 Å². The average Bonchev–Trinajstić information content (AvgIpc) is 2.12. The fraction of sp³-hybridized carbons (Fsp3) is 0.692. The molecule has 1 aliphatic carbocycles. The van der Waals surface area contributed by atoms with E-state index in [-0.39, 0.29) is 0 Å². The maximum absolute atomic E-state index is 5.83. The fourth-order valence-corrected chi connectivity index (χ4v) is 2.62. The topological polar surface area (TPSA) is 9.23 Å². The molecule has 3 fully saturated rings. The molecule has 0 aromatic heterocycles. The van der Waals surface area contributed by atoms with Gasteiger partial charge in [-0.1, -0.05) is 25.2 Å². The molecule has 0 N–H and O–H groups in total. The molecule has 2 saturated heterocycles. The molecule has 0 spiro atoms. The quantitative estimate of drug-likeness (QED) is 0.610. The van der Waals surface area contributed by atoms with Crippen LogP contribution < -0.4 is 0 Å². The van der Waals surface area contributed by atoms with Gasteiger partial charge in [-0.05, 0) is 31.8 Å². The van der Waals surface area contributed by atoms with Crippen LogP contribution in [0.15, 0.2) is 23.8 Å². The molecule has 1 heteroatoms. The van der Waals surface area contributed by atoms with Gasteiger partial charge >= 0.3 is 0 Å². The summed E-state index contributed by atoms with van der Waals surface area (Å²) in [6.45, 7) is 10.7. The number of fused-ring (bicyclic) bond motifs is 2. The van der Waals surface area contributed by atoms with E-state index in [2.05, 4.69) is 33.4 Å². The Hall–Kier alpha value is -0.560. The highest BCUT2D eigenvalue weighted by atomic mass is 16.5. The molecule has 0 aromatic rings. The molecule has 78 valence electrons. The van der Waals surface area contributed by atoms with E-state index < -0.39 is 0 Å². The molecule has 1 nitrogen and oxygen atoms in total. The number of ether oxygens (including phenoxy) is 1. The third-order valence-electron chi connectivity index (χ3n) is 3.91. The molecule has 3 rings (SSSR count). The molecule has 3 aliphatic rings. The van der Waals surface area contributed by atoms with E-state index >= 15 is 0 Å². The van der Waals surface area contributed by atoms with Crippen molar-refractivity contribution in [1.82, 2.24) is 0 Å². The van der Waals surface area contributed by atoms with Crippen LogP contribution in [0.2, 0.25) is 0 Å². The first kappa shape index (κ1) is 9.97. The smallest absolute Gasteiger partial charge is 0.0672 e. The average molecular weight is 192 g/mol. The Labute approximate surface area is 86.8 Å². The van der Waals surface area contributed by atoms with Crippen molar-refractivity contribution in [3.63, 3.8) is 0 Å². The number of rotatable bonds is 2. The number of hydrogen-bond donors (Lipinski definition) is 0. The summed E-state index contributed by atoms with van der Waals surface area (Å²) in [5, 5.41) is 0. The van der Waals surface area contributed by atoms with Crippen LogP contribution in [-0.2, 0) is 4.74 Å². The minimum Gasteiger partial charge on any atom is -0.374 e. The lowest BCUT2D eigenvalue weighted by molar-refractivity contribution is -0.202. The molecule has 4 atom stereocenters. The van der Waals surface area contributed by atoms with Gasteiger partial charge in [-0.3, -0.25) is 0 Å². The minimum absolute atomic E-state index is 0.471. The summed E-state index contributed by atoms with van der Waals surface area (Å²) in [5.41, 5.74) is 2.62. The van der Waals surface area contributed by atoms with Gasteiger partial charge in [0.05, 0.1) is 12.2 Å². The Balaban J connectivity index is 2.07. The van der Waals surface area contributed by atoms with Crippen LogP contribution in [0.4, 0.5) is 0 Å². The first-order valence-corrected chi connectivity index (χ1v) is 5.61. The predicted octanol–water partition coefficient (Wildman–Crippen LogP) is 3.32. The zero-order valence-electron chi connectivity index (χ0n) is 9.42. The highest BCUT2D eigenvalue weighted by Crippen LogP contribution is 2.46. The van der Waals surface area contributed by atoms with Gasteiger partial charge in [0.1, 0.15) is 0 Å². The van der Waals surface area contributed by atoms with Crippen LogP contribution in [0.25, 0.3) is 0 Å². The van der Waals surface area contributed by atoms with Crippen molar-refractivity contribution >= 4 is 0 Å². The third-order valence-corrected chi connectivity index (χ3v) is 3.91. The van der Waals surface area contributed by atoms with Gasteiger partial charge in [-0.15, -0.1) is 0 Å². The second kappa shape index (κ2) is 3.54. The molecular weight excluding hydrogens is 172 g/mol. The van der Waals surface area contributed by atoms with Crippen molar-refractivity contribution in [1.29, 1.82) is 0 Å². The van der Waals surface area contributed by atoms with Crippen LogP contribution in [0.5, 0.6) is 0 Å².